The lowest BCUT2D eigenvalue weighted by molar-refractivity contribution is -0.274. The first-order valence-electron chi connectivity index (χ1n) is 12.8. The number of fused-ring (bicyclic) bond motifs is 1. The van der Waals surface area contributed by atoms with Gasteiger partial charge in [0.2, 0.25) is 0 Å². The summed E-state index contributed by atoms with van der Waals surface area (Å²) >= 11 is 0. The van der Waals surface area contributed by atoms with Crippen LogP contribution in [0.3, 0.4) is 0 Å². The van der Waals surface area contributed by atoms with Crippen molar-refractivity contribution >= 4 is 28.6 Å². The first-order chi connectivity index (χ1) is 19.8. The van der Waals surface area contributed by atoms with Gasteiger partial charge in [-0.2, -0.15) is 5.10 Å². The van der Waals surface area contributed by atoms with Crippen molar-refractivity contribution in [2.75, 3.05) is 39.3 Å². The summed E-state index contributed by atoms with van der Waals surface area (Å²) in [6.07, 6.45) is -4.86. The molecule has 0 aliphatic carbocycles. The van der Waals surface area contributed by atoms with Gasteiger partial charge in [-0.3, -0.25) is 19.1 Å². The lowest BCUT2D eigenvalue weighted by Gasteiger charge is -2.39. The number of nitrogens with zero attached hydrogens (tertiary/aromatic N) is 5. The van der Waals surface area contributed by atoms with E-state index in [1.165, 1.54) is 26.8 Å². The average molecular weight is 590 g/mol. The zero-order valence-electron chi connectivity index (χ0n) is 22.0. The third-order valence-corrected chi connectivity index (χ3v) is 7.13. The second-order valence-electron chi connectivity index (χ2n) is 9.83. The van der Waals surface area contributed by atoms with E-state index >= 15 is 0 Å². The molecule has 9 nitrogen and oxygen atoms in total. The molecule has 2 saturated heterocycles. The molecule has 0 bridgehead atoms. The molecule has 42 heavy (non-hydrogen) atoms. The first kappa shape index (κ1) is 28.8. The molecule has 220 valence electrons. The van der Waals surface area contributed by atoms with Gasteiger partial charge < -0.3 is 19.4 Å². The molecule has 0 radical (unpaired) electrons. The van der Waals surface area contributed by atoms with Gasteiger partial charge in [0.05, 0.1) is 17.1 Å². The number of para-hydroxylation sites is 1. The molecular weight excluding hydrogens is 565 g/mol. The molecular formula is C28H24F5N5O4. The van der Waals surface area contributed by atoms with Crippen LogP contribution in [-0.4, -0.2) is 87.8 Å². The highest BCUT2D eigenvalue weighted by Gasteiger charge is 2.37. The average Bonchev–Trinajstić information content (AvgIpc) is 3.30. The molecule has 2 fully saturated rings. The second kappa shape index (κ2) is 10.9. The van der Waals surface area contributed by atoms with Gasteiger partial charge in [-0.05, 0) is 30.3 Å². The van der Waals surface area contributed by atoms with Crippen LogP contribution in [0.4, 0.5) is 22.0 Å². The van der Waals surface area contributed by atoms with E-state index < -0.39 is 41.6 Å². The molecule has 3 aromatic rings. The van der Waals surface area contributed by atoms with Gasteiger partial charge in [-0.15, -0.1) is 13.2 Å². The summed E-state index contributed by atoms with van der Waals surface area (Å²) in [6.45, 7) is 6.72. The Hall–Kier alpha value is -4.75. The van der Waals surface area contributed by atoms with Gasteiger partial charge in [-0.25, -0.2) is 8.78 Å². The van der Waals surface area contributed by atoms with Gasteiger partial charge in [0.1, 0.15) is 11.4 Å². The molecule has 0 spiro atoms. The van der Waals surface area contributed by atoms with E-state index in [4.69, 9.17) is 5.10 Å². The summed E-state index contributed by atoms with van der Waals surface area (Å²) in [6, 6.07) is 9.61. The minimum absolute atomic E-state index is 0.0901. The number of hydrogen-bond donors (Lipinski definition) is 0. The van der Waals surface area contributed by atoms with Crippen LogP contribution in [-0.2, 0) is 9.59 Å². The van der Waals surface area contributed by atoms with E-state index in [1.807, 2.05) is 0 Å². The third-order valence-electron chi connectivity index (χ3n) is 7.13. The summed E-state index contributed by atoms with van der Waals surface area (Å²) in [5, 5.41) is 5.21. The van der Waals surface area contributed by atoms with Crippen molar-refractivity contribution in [2.24, 2.45) is 0 Å². The maximum absolute atomic E-state index is 13.7. The van der Waals surface area contributed by atoms with E-state index in [1.54, 1.807) is 22.9 Å². The van der Waals surface area contributed by atoms with Crippen LogP contribution < -0.4 is 4.74 Å². The summed E-state index contributed by atoms with van der Waals surface area (Å²) < 4.78 is 70.2. The summed E-state index contributed by atoms with van der Waals surface area (Å²) in [5.74, 6) is -4.68. The standard InChI is InChI=1S/C28H24F5N5O4/c1-16(29)25(39)35-10-12-36(13-11-35)27(41)22-5-3-4-21-23(18-6-8-20(9-7-18)42-28(31,32)33)34-38(24(21)22)19-14-37(15-19)26(40)17(2)30/h3-9,19H,1-2,10-15H2. The Morgan fingerprint density at radius 2 is 1.40 bits per heavy atom. The van der Waals surface area contributed by atoms with Crippen LogP contribution in [0.2, 0.25) is 0 Å². The Kier molecular flexibility index (Phi) is 7.47. The van der Waals surface area contributed by atoms with Crippen molar-refractivity contribution < 1.29 is 41.1 Å². The minimum atomic E-state index is -4.86. The topological polar surface area (TPSA) is 88.0 Å². The molecule has 2 aliphatic heterocycles. The number of carbonyl (C=O) groups excluding carboxylic acids is 3. The largest absolute Gasteiger partial charge is 0.573 e. The number of carbonyl (C=O) groups is 3. The molecule has 3 heterocycles. The Bertz CT molecular complexity index is 1590. The molecule has 14 heteroatoms. The van der Waals surface area contributed by atoms with Crippen molar-refractivity contribution in [3.63, 3.8) is 0 Å². The predicted octanol–water partition coefficient (Wildman–Crippen LogP) is 4.24. The number of amides is 3. The summed E-state index contributed by atoms with van der Waals surface area (Å²) in [4.78, 5) is 41.7. The predicted molar refractivity (Wildman–Crippen MR) is 140 cm³/mol. The van der Waals surface area contributed by atoms with E-state index in [9.17, 15) is 36.3 Å². The van der Waals surface area contributed by atoms with Crippen LogP contribution in [0, 0.1) is 0 Å². The summed E-state index contributed by atoms with van der Waals surface area (Å²) in [7, 11) is 0. The van der Waals surface area contributed by atoms with Gasteiger partial charge in [0.15, 0.2) is 11.7 Å². The number of halogens is 5. The number of rotatable bonds is 6. The fourth-order valence-electron chi connectivity index (χ4n) is 5.06. The fraction of sp³-hybridized carbons (Fsp3) is 0.286. The monoisotopic (exact) mass is 589 g/mol. The Balaban J connectivity index is 1.50. The Labute approximate surface area is 236 Å². The lowest BCUT2D eigenvalue weighted by Crippen LogP contribution is -2.51. The number of benzene rings is 2. The maximum Gasteiger partial charge on any atom is 0.573 e. The highest BCUT2D eigenvalue weighted by Crippen LogP contribution is 2.36. The molecule has 0 unspecified atom stereocenters. The van der Waals surface area contributed by atoms with Gasteiger partial charge >= 0.3 is 6.36 Å². The van der Waals surface area contributed by atoms with Crippen LogP contribution in [0.15, 0.2) is 67.3 Å². The number of likely N-dealkylation sites (tertiary alicyclic amines) is 1. The van der Waals surface area contributed by atoms with E-state index in [0.717, 1.165) is 12.1 Å². The third kappa shape index (κ3) is 5.56. The van der Waals surface area contributed by atoms with Crippen LogP contribution >= 0.6 is 0 Å². The van der Waals surface area contributed by atoms with Gasteiger partial charge in [0.25, 0.3) is 17.7 Å². The van der Waals surface area contributed by atoms with Crippen molar-refractivity contribution in [2.45, 2.75) is 12.4 Å². The molecule has 2 aliphatic rings. The smallest absolute Gasteiger partial charge is 0.406 e. The molecule has 0 atom stereocenters. The van der Waals surface area contributed by atoms with Crippen molar-refractivity contribution in [3.8, 4) is 17.0 Å². The van der Waals surface area contributed by atoms with Crippen LogP contribution in [0.25, 0.3) is 22.2 Å². The van der Waals surface area contributed by atoms with Crippen molar-refractivity contribution in [1.29, 1.82) is 0 Å². The van der Waals surface area contributed by atoms with Gasteiger partial charge in [-0.1, -0.05) is 25.3 Å². The Morgan fingerprint density at radius 3 is 1.98 bits per heavy atom. The molecule has 3 amide bonds. The van der Waals surface area contributed by atoms with Crippen LogP contribution in [0.5, 0.6) is 5.75 Å². The normalized spacial score (nSPS) is 15.9. The lowest BCUT2D eigenvalue weighted by atomic mass is 10.0. The van der Waals surface area contributed by atoms with Gasteiger partial charge in [0, 0.05) is 50.2 Å². The molecule has 1 aromatic heterocycles. The highest BCUT2D eigenvalue weighted by atomic mass is 19.4. The number of piperazine rings is 1. The zero-order valence-corrected chi connectivity index (χ0v) is 22.0. The number of alkyl halides is 3. The molecule has 0 saturated carbocycles. The highest BCUT2D eigenvalue weighted by molar-refractivity contribution is 6.09. The number of hydrogen-bond acceptors (Lipinski definition) is 5. The molecule has 2 aromatic carbocycles. The van der Waals surface area contributed by atoms with Crippen molar-refractivity contribution in [1.82, 2.24) is 24.5 Å². The van der Waals surface area contributed by atoms with E-state index in [2.05, 4.69) is 17.9 Å². The molecule has 5 rings (SSSR count). The first-order valence-corrected chi connectivity index (χ1v) is 12.8. The maximum atomic E-state index is 13.7. The van der Waals surface area contributed by atoms with Crippen molar-refractivity contribution in [3.05, 3.63) is 72.8 Å². The second-order valence-corrected chi connectivity index (χ2v) is 9.83. The quantitative estimate of drug-likeness (QED) is 0.317. The SMILES string of the molecule is C=C(F)C(=O)N1CCN(C(=O)c2cccc3c(-c4ccc(OC(F)(F)F)cc4)nn(C4CN(C(=O)C(=C)F)C4)c23)CC1. The van der Waals surface area contributed by atoms with E-state index in [-0.39, 0.29) is 50.7 Å². The minimum Gasteiger partial charge on any atom is -0.406 e. The number of ether oxygens (including phenoxy) is 1. The fourth-order valence-corrected chi connectivity index (χ4v) is 5.06. The number of aromatic nitrogens is 2. The zero-order chi connectivity index (χ0) is 30.3. The summed E-state index contributed by atoms with van der Waals surface area (Å²) in [5.41, 5.74) is 1.49. The molecule has 0 N–H and O–H groups in total. The van der Waals surface area contributed by atoms with E-state index in [0.29, 0.717) is 22.2 Å². The Morgan fingerprint density at radius 1 is 0.833 bits per heavy atom. The van der Waals surface area contributed by atoms with Crippen LogP contribution in [0.1, 0.15) is 16.4 Å².